The van der Waals surface area contributed by atoms with Crippen LogP contribution in [0.1, 0.15) is 218 Å². The summed E-state index contributed by atoms with van der Waals surface area (Å²) in [6.45, 7) is 28.1. The number of hydrogen-bond donors (Lipinski definition) is 5. The van der Waals surface area contributed by atoms with Gasteiger partial charge in [0.25, 0.3) is 10.1 Å². The zero-order chi connectivity index (χ0) is 54.0. The van der Waals surface area contributed by atoms with Crippen molar-refractivity contribution in [3.8, 4) is 35.3 Å². The van der Waals surface area contributed by atoms with E-state index >= 15 is 0 Å². The third-order valence-electron chi connectivity index (χ3n) is 24.3. The van der Waals surface area contributed by atoms with Crippen LogP contribution in [0.4, 0.5) is 0 Å². The summed E-state index contributed by atoms with van der Waals surface area (Å²) in [7, 11) is -2.85. The van der Waals surface area contributed by atoms with Gasteiger partial charge in [-0.2, -0.15) is 8.42 Å². The second kappa shape index (κ2) is 17.1. The number of carbonyl (C=O) groups is 2. The Morgan fingerprint density at radius 2 is 1.03 bits per heavy atom. The first-order valence-electron chi connectivity index (χ1n) is 27.1. The molecule has 0 heterocycles. The third kappa shape index (κ3) is 7.20. The number of fused-ring (bicyclic) bond motifs is 14. The number of Topliss-reactive ketones (excluding diaryl/α,β-unsaturated/α-hetero) is 1. The average Bonchev–Trinajstić information content (AvgIpc) is 3.33. The van der Waals surface area contributed by atoms with Crippen LogP contribution in [0.2, 0.25) is 0 Å². The molecule has 0 bridgehead atoms. The highest BCUT2D eigenvalue weighted by Gasteiger charge is 2.69. The summed E-state index contributed by atoms with van der Waals surface area (Å²) in [6, 6.07) is 3.32. The first kappa shape index (κ1) is 55.9. The van der Waals surface area contributed by atoms with E-state index in [0.717, 1.165) is 112 Å². The summed E-state index contributed by atoms with van der Waals surface area (Å²) >= 11 is 0. The summed E-state index contributed by atoms with van der Waals surface area (Å²) in [5.74, 6) is 2.27. The van der Waals surface area contributed by atoms with E-state index in [1.165, 1.54) is 12.7 Å². The van der Waals surface area contributed by atoms with E-state index in [-0.39, 0.29) is 85.4 Å². The number of phenolic OH excluding ortho intramolecular Hbond substituents is 4. The molecule has 0 aliphatic heterocycles. The van der Waals surface area contributed by atoms with E-state index in [4.69, 9.17) is 10.6 Å². The van der Waals surface area contributed by atoms with Gasteiger partial charge in [0.15, 0.2) is 23.0 Å². The van der Waals surface area contributed by atoms with Crippen molar-refractivity contribution in [3.63, 3.8) is 0 Å². The van der Waals surface area contributed by atoms with Gasteiger partial charge in [-0.1, -0.05) is 99.0 Å². The first-order chi connectivity index (χ1) is 33.6. The molecule has 2 aromatic rings. The van der Waals surface area contributed by atoms with Gasteiger partial charge in [0, 0.05) is 16.2 Å². The molecule has 5 N–H and O–H groups in total. The van der Waals surface area contributed by atoms with Gasteiger partial charge in [-0.3, -0.25) is 13.8 Å². The molecule has 0 radical (unpaired) electrons. The second-order valence-corrected chi connectivity index (χ2v) is 29.3. The fourth-order valence-electron chi connectivity index (χ4n) is 18.4. The molecule has 2 unspecified atom stereocenters. The second-order valence-electron chi connectivity index (χ2n) is 27.5. The highest BCUT2D eigenvalue weighted by Crippen LogP contribution is 2.77. The minimum atomic E-state index is -4.03. The van der Waals surface area contributed by atoms with Crippen LogP contribution in [-0.2, 0) is 34.7 Å². The molecular formula is C63H88O10S. The van der Waals surface area contributed by atoms with Crippen LogP contribution >= 0.6 is 0 Å². The van der Waals surface area contributed by atoms with Gasteiger partial charge >= 0.3 is 5.97 Å². The number of terminal acetylenes is 1. The molecule has 11 heteroatoms. The summed E-state index contributed by atoms with van der Waals surface area (Å²) in [6.07, 6.45) is 23.3. The Morgan fingerprint density at radius 1 is 0.622 bits per heavy atom. The van der Waals surface area contributed by atoms with Gasteiger partial charge in [0.2, 0.25) is 0 Å². The SMILES string of the molecule is C.C#CC1C=C2[C@@](C)(CC[C@@]3(C)[C@@H]4C[C@](C)(C(=O)O)CC[C@]4(C)CC[C@]23C)c2cc(O)c(O)c(C)c21.COS(=O)(=O)C1C=C2[C@@](C)(CC[C@@]3(C)[C@@H]4C[C@](C)(C(C)=O)CC[C@]4(C)CC[C@]23C)c2cc(O)c(O)c(C)c21. The summed E-state index contributed by atoms with van der Waals surface area (Å²) in [5, 5.41) is 51.4. The minimum absolute atomic E-state index is 0. The number of carbonyl (C=O) groups excluding carboxylic acids is 1. The number of rotatable bonds is 4. The van der Waals surface area contributed by atoms with Crippen LogP contribution < -0.4 is 0 Å². The largest absolute Gasteiger partial charge is 0.504 e. The number of carboxylic acids is 1. The van der Waals surface area contributed by atoms with E-state index in [0.29, 0.717) is 28.5 Å². The molecule has 74 heavy (non-hydrogen) atoms. The van der Waals surface area contributed by atoms with Crippen LogP contribution in [0.5, 0.6) is 23.0 Å². The first-order valence-corrected chi connectivity index (χ1v) is 28.6. The van der Waals surface area contributed by atoms with Crippen molar-refractivity contribution in [1.29, 1.82) is 0 Å². The fourth-order valence-corrected chi connectivity index (χ4v) is 19.5. The number of carboxylic acid groups (broad SMARTS) is 1. The highest BCUT2D eigenvalue weighted by atomic mass is 32.2. The third-order valence-corrected chi connectivity index (χ3v) is 25.7. The van der Waals surface area contributed by atoms with E-state index in [9.17, 15) is 43.5 Å². The van der Waals surface area contributed by atoms with Crippen molar-refractivity contribution in [1.82, 2.24) is 0 Å². The van der Waals surface area contributed by atoms with Crippen molar-refractivity contribution in [2.24, 2.45) is 55.2 Å². The van der Waals surface area contributed by atoms with E-state index in [1.54, 1.807) is 26.0 Å². The predicted octanol–water partition coefficient (Wildman–Crippen LogP) is 14.1. The normalized spacial score (nSPS) is 42.6. The quantitative estimate of drug-likeness (QED) is 0.0857. The van der Waals surface area contributed by atoms with E-state index < -0.39 is 32.2 Å². The fraction of sp³-hybridized carbons (Fsp3) is 0.683. The van der Waals surface area contributed by atoms with Crippen LogP contribution in [0.15, 0.2) is 35.4 Å². The number of ketones is 1. The maximum Gasteiger partial charge on any atom is 0.309 e. The lowest BCUT2D eigenvalue weighted by Gasteiger charge is -2.70. The topological polar surface area (TPSA) is 179 Å². The zero-order valence-electron chi connectivity index (χ0n) is 46.3. The zero-order valence-corrected chi connectivity index (χ0v) is 47.1. The molecule has 0 amide bonds. The molecule has 406 valence electrons. The number of benzene rings is 2. The Labute approximate surface area is 443 Å². The Bertz CT molecular complexity index is 2960. The Hall–Kier alpha value is -4.27. The van der Waals surface area contributed by atoms with Crippen LogP contribution in [0, 0.1) is 81.3 Å². The van der Waals surface area contributed by atoms with Gasteiger partial charge in [-0.15, -0.1) is 6.42 Å². The summed E-state index contributed by atoms with van der Waals surface area (Å²) in [5.41, 5.74) is 4.66. The van der Waals surface area contributed by atoms with E-state index in [2.05, 4.69) is 74.3 Å². The van der Waals surface area contributed by atoms with Crippen LogP contribution in [0.3, 0.4) is 0 Å². The average molecular weight is 1040 g/mol. The molecule has 14 atom stereocenters. The lowest BCUT2D eigenvalue weighted by molar-refractivity contribution is -0.177. The molecular weight excluding hydrogens is 949 g/mol. The Balaban J connectivity index is 0.000000195. The minimum Gasteiger partial charge on any atom is -0.504 e. The standard InChI is InChI=1S/C31H44O6S.C31H40O4.CH4/c1-18-25-20(15-21(33)26(18)34)29(5)12-14-31(7)24-17-28(4,19(2)32)10-9-27(24,3)11-13-30(31,6)23(29)16-22(25)38(35,36)37-8;1-8-19-15-22-29(5,20-16-21(32)25(33)18(2)24(19)20)12-14-31(7)23-17-28(4,26(34)35)10-9-27(23,3)11-13-30(22,31)6;/h15-16,22,24,33-34H,9-14,17H2,1-8H3;1,15-16,19,23,32-33H,9-14,17H2,2-7H3,(H,34,35);1H4/t22?,24-,27-,28-,29+,30-,31+;19?,23-,27-,28-,29+,30-,31+;/m11./s1. The van der Waals surface area contributed by atoms with Crippen molar-refractivity contribution < 1.29 is 47.7 Å². The molecule has 0 spiro atoms. The number of aromatic hydroxyl groups is 4. The van der Waals surface area contributed by atoms with Crippen LogP contribution in [0.25, 0.3) is 0 Å². The smallest absolute Gasteiger partial charge is 0.309 e. The van der Waals surface area contributed by atoms with Gasteiger partial charge < -0.3 is 25.5 Å². The van der Waals surface area contributed by atoms with Gasteiger partial charge in [0.1, 0.15) is 11.0 Å². The number of allylic oxidation sites excluding steroid dienone is 3. The lowest BCUT2D eigenvalue weighted by atomic mass is 9.34. The number of aliphatic carboxylic acids is 1. The van der Waals surface area contributed by atoms with E-state index in [1.807, 2.05) is 19.9 Å². The molecule has 0 aromatic heterocycles. The van der Waals surface area contributed by atoms with Crippen LogP contribution in [-0.4, -0.2) is 52.8 Å². The molecule has 8 aliphatic rings. The molecule has 8 aliphatic carbocycles. The van der Waals surface area contributed by atoms with Gasteiger partial charge in [0.05, 0.1) is 18.4 Å². The molecule has 6 fully saturated rings. The molecule has 0 saturated heterocycles. The lowest BCUT2D eigenvalue weighted by Crippen LogP contribution is -2.62. The Morgan fingerprint density at radius 3 is 1.46 bits per heavy atom. The van der Waals surface area contributed by atoms with Crippen molar-refractivity contribution in [2.45, 2.75) is 209 Å². The maximum atomic E-state index is 13.4. The predicted molar refractivity (Wildman–Crippen MR) is 292 cm³/mol. The van der Waals surface area contributed by atoms with Crippen molar-refractivity contribution >= 4 is 21.9 Å². The molecule has 6 saturated carbocycles. The maximum absolute atomic E-state index is 13.4. The monoisotopic (exact) mass is 1040 g/mol. The highest BCUT2D eigenvalue weighted by molar-refractivity contribution is 7.87. The Kier molecular flexibility index (Phi) is 12.9. The summed E-state index contributed by atoms with van der Waals surface area (Å²) < 4.78 is 31.8. The molecule has 2 aromatic carbocycles. The number of hydrogen-bond acceptors (Lipinski definition) is 9. The van der Waals surface area contributed by atoms with Crippen molar-refractivity contribution in [3.05, 3.63) is 68.8 Å². The number of phenols is 4. The summed E-state index contributed by atoms with van der Waals surface area (Å²) in [4.78, 5) is 25.1. The van der Waals surface area contributed by atoms with Crippen molar-refractivity contribution in [2.75, 3.05) is 7.11 Å². The molecule has 10 nitrogen and oxygen atoms in total. The van der Waals surface area contributed by atoms with Gasteiger partial charge in [-0.25, -0.2) is 0 Å². The van der Waals surface area contributed by atoms with Gasteiger partial charge in [-0.05, 0) is 207 Å². The molecule has 10 rings (SSSR count).